The summed E-state index contributed by atoms with van der Waals surface area (Å²) in [6.07, 6.45) is 10.3. The normalized spacial score (nSPS) is 16.5. The highest BCUT2D eigenvalue weighted by molar-refractivity contribution is 5.87. The third kappa shape index (κ3) is 3.46. The van der Waals surface area contributed by atoms with Gasteiger partial charge in [0.15, 0.2) is 11.5 Å². The van der Waals surface area contributed by atoms with Crippen LogP contribution in [0.25, 0.3) is 11.2 Å². The minimum Gasteiger partial charge on any atom is -0.381 e. The standard InChI is InChI=1S/C16H20N6O2/c1-3-12(11-4-6-24-7-5-11)21-13(23)8-22(2)16-14-15(18-9-17-14)19-10-20-16/h1,9-12H,4-8H2,2H3,(H,21,23)(H,17,18,19,20). The van der Waals surface area contributed by atoms with Crippen LogP contribution in [0.1, 0.15) is 12.8 Å². The number of nitrogens with one attached hydrogen (secondary N) is 2. The maximum atomic E-state index is 12.4. The first kappa shape index (κ1) is 16.2. The van der Waals surface area contributed by atoms with Crippen molar-refractivity contribution in [2.24, 2.45) is 5.92 Å². The van der Waals surface area contributed by atoms with E-state index in [1.54, 1.807) is 18.3 Å². The number of H-pyrrole nitrogens is 1. The Balaban J connectivity index is 1.63. The van der Waals surface area contributed by atoms with Crippen molar-refractivity contribution in [1.29, 1.82) is 0 Å². The molecular formula is C16H20N6O2. The van der Waals surface area contributed by atoms with E-state index in [0.717, 1.165) is 12.8 Å². The number of carbonyl (C=O) groups excluding carboxylic acids is 1. The van der Waals surface area contributed by atoms with Crippen LogP contribution in [0.5, 0.6) is 0 Å². The van der Waals surface area contributed by atoms with Gasteiger partial charge in [-0.05, 0) is 18.8 Å². The number of hydrogen-bond donors (Lipinski definition) is 2. The van der Waals surface area contributed by atoms with E-state index >= 15 is 0 Å². The molecule has 0 aromatic carbocycles. The lowest BCUT2D eigenvalue weighted by Gasteiger charge is -2.28. The van der Waals surface area contributed by atoms with Crippen molar-refractivity contribution in [2.45, 2.75) is 18.9 Å². The Morgan fingerprint density at radius 1 is 1.50 bits per heavy atom. The lowest BCUT2D eigenvalue weighted by molar-refractivity contribution is -0.120. The largest absolute Gasteiger partial charge is 0.381 e. The molecule has 1 aliphatic rings. The zero-order valence-electron chi connectivity index (χ0n) is 13.5. The monoisotopic (exact) mass is 328 g/mol. The highest BCUT2D eigenvalue weighted by atomic mass is 16.5. The Morgan fingerprint density at radius 2 is 2.29 bits per heavy atom. The molecule has 0 spiro atoms. The van der Waals surface area contributed by atoms with Crippen LogP contribution in [0.3, 0.4) is 0 Å². The van der Waals surface area contributed by atoms with E-state index < -0.39 is 0 Å². The van der Waals surface area contributed by atoms with Gasteiger partial charge in [-0.2, -0.15) is 0 Å². The smallest absolute Gasteiger partial charge is 0.240 e. The number of hydrogen-bond acceptors (Lipinski definition) is 6. The molecule has 0 radical (unpaired) electrons. The van der Waals surface area contributed by atoms with Gasteiger partial charge in [-0.1, -0.05) is 5.92 Å². The Morgan fingerprint density at radius 3 is 3.04 bits per heavy atom. The fourth-order valence-corrected chi connectivity index (χ4v) is 2.90. The van der Waals surface area contributed by atoms with E-state index in [2.05, 4.69) is 31.2 Å². The number of nitrogens with zero attached hydrogens (tertiary/aromatic N) is 4. The number of likely N-dealkylation sites (N-methyl/N-ethyl adjacent to an activating group) is 1. The fraction of sp³-hybridized carbons (Fsp3) is 0.500. The van der Waals surface area contributed by atoms with Crippen molar-refractivity contribution in [3.63, 3.8) is 0 Å². The summed E-state index contributed by atoms with van der Waals surface area (Å²) in [7, 11) is 1.79. The summed E-state index contributed by atoms with van der Waals surface area (Å²) < 4.78 is 5.34. The molecule has 8 nitrogen and oxygen atoms in total. The van der Waals surface area contributed by atoms with Crippen LogP contribution < -0.4 is 10.2 Å². The average molecular weight is 328 g/mol. The van der Waals surface area contributed by atoms with Gasteiger partial charge < -0.3 is 19.9 Å². The first-order valence-corrected chi connectivity index (χ1v) is 7.87. The molecule has 1 atom stereocenters. The Labute approximate surface area is 140 Å². The molecule has 24 heavy (non-hydrogen) atoms. The Bertz CT molecular complexity index is 746. The SMILES string of the molecule is C#CC(NC(=O)CN(C)c1ncnc2nc[nH]c12)C1CCOCC1. The Hall–Kier alpha value is -2.66. The number of ether oxygens (including phenoxy) is 1. The van der Waals surface area contributed by atoms with Crippen LogP contribution >= 0.6 is 0 Å². The molecule has 1 amide bonds. The number of aromatic nitrogens is 4. The molecule has 3 heterocycles. The van der Waals surface area contributed by atoms with Crippen molar-refractivity contribution < 1.29 is 9.53 Å². The number of rotatable bonds is 5. The van der Waals surface area contributed by atoms with Gasteiger partial charge in [-0.3, -0.25) is 4.79 Å². The minimum atomic E-state index is -0.271. The summed E-state index contributed by atoms with van der Waals surface area (Å²) in [6.45, 7) is 1.53. The van der Waals surface area contributed by atoms with Gasteiger partial charge in [0.2, 0.25) is 5.91 Å². The zero-order chi connectivity index (χ0) is 16.9. The van der Waals surface area contributed by atoms with E-state index in [0.29, 0.717) is 30.2 Å². The van der Waals surface area contributed by atoms with Crippen molar-refractivity contribution in [3.05, 3.63) is 12.7 Å². The number of fused-ring (bicyclic) bond motifs is 1. The first-order valence-electron chi connectivity index (χ1n) is 7.87. The zero-order valence-corrected chi connectivity index (χ0v) is 13.5. The number of anilines is 1. The van der Waals surface area contributed by atoms with Crippen LogP contribution in [0.15, 0.2) is 12.7 Å². The molecule has 2 aromatic heterocycles. The van der Waals surface area contributed by atoms with E-state index in [4.69, 9.17) is 11.2 Å². The minimum absolute atomic E-state index is 0.141. The lowest BCUT2D eigenvalue weighted by Crippen LogP contribution is -2.45. The van der Waals surface area contributed by atoms with Gasteiger partial charge in [0.25, 0.3) is 0 Å². The second-order valence-electron chi connectivity index (χ2n) is 5.82. The van der Waals surface area contributed by atoms with E-state index in [-0.39, 0.29) is 24.4 Å². The third-order valence-corrected chi connectivity index (χ3v) is 4.18. The molecule has 0 saturated carbocycles. The summed E-state index contributed by atoms with van der Waals surface area (Å²) >= 11 is 0. The van der Waals surface area contributed by atoms with Crippen LogP contribution in [-0.4, -0.2) is 58.7 Å². The first-order chi connectivity index (χ1) is 11.7. The van der Waals surface area contributed by atoms with Crippen molar-refractivity contribution in [2.75, 3.05) is 31.7 Å². The maximum Gasteiger partial charge on any atom is 0.240 e. The van der Waals surface area contributed by atoms with Crippen molar-refractivity contribution >= 4 is 22.9 Å². The molecule has 0 aliphatic carbocycles. The summed E-state index contributed by atoms with van der Waals surface area (Å²) in [5, 5.41) is 2.94. The third-order valence-electron chi connectivity index (χ3n) is 4.18. The number of amides is 1. The molecule has 0 bridgehead atoms. The number of terminal acetylenes is 1. The second-order valence-corrected chi connectivity index (χ2v) is 5.82. The van der Waals surface area contributed by atoms with Crippen molar-refractivity contribution in [1.82, 2.24) is 25.3 Å². The quantitative estimate of drug-likeness (QED) is 0.768. The molecule has 1 aliphatic heterocycles. The predicted octanol–water partition coefficient (Wildman–Crippen LogP) is 0.334. The molecule has 2 aromatic rings. The summed E-state index contributed by atoms with van der Waals surface area (Å²) in [6, 6.07) is -0.271. The van der Waals surface area contributed by atoms with Gasteiger partial charge in [0.1, 0.15) is 11.8 Å². The molecular weight excluding hydrogens is 308 g/mol. The molecule has 3 rings (SSSR count). The van der Waals surface area contributed by atoms with Crippen LogP contribution in [0.2, 0.25) is 0 Å². The summed E-state index contributed by atoms with van der Waals surface area (Å²) in [5.41, 5.74) is 1.27. The lowest BCUT2D eigenvalue weighted by atomic mass is 9.92. The fourth-order valence-electron chi connectivity index (χ4n) is 2.90. The topological polar surface area (TPSA) is 96.0 Å². The number of carbonyl (C=O) groups is 1. The molecule has 2 N–H and O–H groups in total. The van der Waals surface area contributed by atoms with Crippen LogP contribution in [-0.2, 0) is 9.53 Å². The molecule has 1 fully saturated rings. The van der Waals surface area contributed by atoms with Gasteiger partial charge in [-0.15, -0.1) is 6.42 Å². The number of imidazole rings is 1. The Kier molecular flexibility index (Phi) is 4.91. The van der Waals surface area contributed by atoms with Crippen molar-refractivity contribution in [3.8, 4) is 12.3 Å². The highest BCUT2D eigenvalue weighted by Crippen LogP contribution is 2.19. The van der Waals surface area contributed by atoms with Crippen LogP contribution in [0.4, 0.5) is 5.82 Å². The van der Waals surface area contributed by atoms with Gasteiger partial charge >= 0.3 is 0 Å². The van der Waals surface area contributed by atoms with Gasteiger partial charge in [-0.25, -0.2) is 15.0 Å². The summed E-state index contributed by atoms with van der Waals surface area (Å²) in [5.74, 6) is 3.43. The second kappa shape index (κ2) is 7.27. The van der Waals surface area contributed by atoms with E-state index in [1.807, 2.05) is 0 Å². The van der Waals surface area contributed by atoms with E-state index in [1.165, 1.54) is 6.33 Å². The van der Waals surface area contributed by atoms with Gasteiger partial charge in [0.05, 0.1) is 18.9 Å². The molecule has 8 heteroatoms. The molecule has 126 valence electrons. The highest BCUT2D eigenvalue weighted by Gasteiger charge is 2.24. The molecule has 1 unspecified atom stereocenters. The van der Waals surface area contributed by atoms with E-state index in [9.17, 15) is 4.79 Å². The average Bonchev–Trinajstić information content (AvgIpc) is 3.09. The summed E-state index contributed by atoms with van der Waals surface area (Å²) in [4.78, 5) is 29.5. The molecule has 1 saturated heterocycles. The maximum absolute atomic E-state index is 12.4. The van der Waals surface area contributed by atoms with Crippen LogP contribution in [0, 0.1) is 18.3 Å². The van der Waals surface area contributed by atoms with Gasteiger partial charge in [0, 0.05) is 20.3 Å². The number of aromatic amines is 1. The predicted molar refractivity (Wildman–Crippen MR) is 89.3 cm³/mol.